The first-order valence-electron chi connectivity index (χ1n) is 11.3. The fourth-order valence-corrected chi connectivity index (χ4v) is 4.52. The summed E-state index contributed by atoms with van der Waals surface area (Å²) in [5.74, 6) is 0.368. The molecule has 0 saturated carbocycles. The first-order chi connectivity index (χ1) is 15.0. The lowest BCUT2D eigenvalue weighted by Gasteiger charge is -2.15. The summed E-state index contributed by atoms with van der Waals surface area (Å²) >= 11 is 0. The first kappa shape index (κ1) is 21.2. The lowest BCUT2D eigenvalue weighted by atomic mass is 9.91. The second kappa shape index (κ2) is 8.97. The van der Waals surface area contributed by atoms with Crippen LogP contribution in [0.4, 0.5) is 0 Å². The minimum atomic E-state index is 0.368. The van der Waals surface area contributed by atoms with E-state index < -0.39 is 0 Å². The molecular formula is C28H33N3. The summed E-state index contributed by atoms with van der Waals surface area (Å²) in [6.45, 7) is 14.6. The molecule has 0 radical (unpaired) electrons. The average Bonchev–Trinajstić information content (AvgIpc) is 3.12. The van der Waals surface area contributed by atoms with Crippen molar-refractivity contribution in [2.75, 3.05) is 6.54 Å². The maximum Gasteiger partial charge on any atom is 0.0919 e. The molecule has 1 aliphatic heterocycles. The lowest BCUT2D eigenvalue weighted by molar-refractivity contribution is 0.722. The van der Waals surface area contributed by atoms with E-state index in [-0.39, 0.29) is 0 Å². The van der Waals surface area contributed by atoms with E-state index in [1.807, 2.05) is 6.20 Å². The van der Waals surface area contributed by atoms with Crippen LogP contribution in [0.2, 0.25) is 0 Å². The van der Waals surface area contributed by atoms with Gasteiger partial charge in [0.05, 0.1) is 17.6 Å². The van der Waals surface area contributed by atoms with Crippen LogP contribution in [0.5, 0.6) is 0 Å². The normalized spacial score (nSPS) is 19.0. The van der Waals surface area contributed by atoms with Crippen LogP contribution in [-0.4, -0.2) is 16.1 Å². The molecule has 0 bridgehead atoms. The molecule has 0 fully saturated rings. The molecule has 2 aromatic rings. The molecule has 0 aromatic carbocycles. The fourth-order valence-electron chi connectivity index (χ4n) is 4.52. The van der Waals surface area contributed by atoms with E-state index in [2.05, 4.69) is 92.9 Å². The summed E-state index contributed by atoms with van der Waals surface area (Å²) in [4.78, 5) is 5.00. The summed E-state index contributed by atoms with van der Waals surface area (Å²) in [6, 6.07) is 2.31. The third-order valence-electron chi connectivity index (χ3n) is 6.32. The van der Waals surface area contributed by atoms with Crippen LogP contribution in [0.3, 0.4) is 0 Å². The van der Waals surface area contributed by atoms with Crippen LogP contribution < -0.4 is 5.32 Å². The maximum atomic E-state index is 5.00. The molecule has 2 aliphatic rings. The molecule has 3 heteroatoms. The van der Waals surface area contributed by atoms with E-state index in [9.17, 15) is 0 Å². The topological polar surface area (TPSA) is 29.9 Å². The Morgan fingerprint density at radius 3 is 2.81 bits per heavy atom. The second-order valence-corrected chi connectivity index (χ2v) is 8.74. The average molecular weight is 412 g/mol. The highest BCUT2D eigenvalue weighted by molar-refractivity contribution is 5.88. The number of hydrogen-bond acceptors (Lipinski definition) is 2. The molecule has 1 atom stereocenters. The minimum absolute atomic E-state index is 0.368. The van der Waals surface area contributed by atoms with E-state index in [0.29, 0.717) is 5.92 Å². The van der Waals surface area contributed by atoms with Gasteiger partial charge in [-0.3, -0.25) is 4.98 Å². The molecule has 160 valence electrons. The highest BCUT2D eigenvalue weighted by Crippen LogP contribution is 2.35. The van der Waals surface area contributed by atoms with Gasteiger partial charge in [-0.1, -0.05) is 60.6 Å². The van der Waals surface area contributed by atoms with Gasteiger partial charge < -0.3 is 9.88 Å². The Kier molecular flexibility index (Phi) is 6.13. The van der Waals surface area contributed by atoms with Gasteiger partial charge in [-0.25, -0.2) is 0 Å². The van der Waals surface area contributed by atoms with Gasteiger partial charge >= 0.3 is 0 Å². The summed E-state index contributed by atoms with van der Waals surface area (Å²) < 4.78 is 2.36. The van der Waals surface area contributed by atoms with Crippen molar-refractivity contribution in [1.29, 1.82) is 0 Å². The van der Waals surface area contributed by atoms with Crippen molar-refractivity contribution in [3.05, 3.63) is 95.0 Å². The van der Waals surface area contributed by atoms with E-state index in [4.69, 9.17) is 4.98 Å². The van der Waals surface area contributed by atoms with Crippen molar-refractivity contribution in [3.8, 4) is 0 Å². The zero-order valence-corrected chi connectivity index (χ0v) is 19.2. The van der Waals surface area contributed by atoms with Crippen LogP contribution in [0.25, 0.3) is 16.6 Å². The Morgan fingerprint density at radius 2 is 2.16 bits per heavy atom. The van der Waals surface area contributed by atoms with Gasteiger partial charge in [0.25, 0.3) is 0 Å². The predicted molar refractivity (Wildman–Crippen MR) is 133 cm³/mol. The number of allylic oxidation sites excluding steroid dienone is 10. The van der Waals surface area contributed by atoms with Crippen molar-refractivity contribution >= 4 is 16.6 Å². The van der Waals surface area contributed by atoms with Gasteiger partial charge in [0.15, 0.2) is 0 Å². The monoisotopic (exact) mass is 411 g/mol. The Labute approximate surface area is 186 Å². The van der Waals surface area contributed by atoms with Gasteiger partial charge in [0, 0.05) is 41.7 Å². The Morgan fingerprint density at radius 1 is 1.32 bits per heavy atom. The van der Waals surface area contributed by atoms with E-state index in [0.717, 1.165) is 42.6 Å². The van der Waals surface area contributed by atoms with Crippen LogP contribution in [0.1, 0.15) is 57.6 Å². The van der Waals surface area contributed by atoms with Crippen LogP contribution in [0, 0.1) is 0 Å². The third kappa shape index (κ3) is 4.36. The molecule has 0 saturated heterocycles. The zero-order valence-electron chi connectivity index (χ0n) is 19.2. The van der Waals surface area contributed by atoms with Crippen molar-refractivity contribution < 1.29 is 0 Å². The molecule has 3 heterocycles. The van der Waals surface area contributed by atoms with Crippen LogP contribution in [0.15, 0.2) is 83.9 Å². The third-order valence-corrected chi connectivity index (χ3v) is 6.32. The molecule has 0 amide bonds. The quantitative estimate of drug-likeness (QED) is 0.528. The summed E-state index contributed by atoms with van der Waals surface area (Å²) in [5.41, 5.74) is 11.0. The highest BCUT2D eigenvalue weighted by Gasteiger charge is 2.20. The number of rotatable bonds is 6. The highest BCUT2D eigenvalue weighted by atomic mass is 15.0. The standard InChI is InChI=1S/C28H33N3/c1-6-21(5)27(19(2)3)23-15-26-28(30-16-23)25(22-12-10-20(4)11-13-22)18-31(26)17-24-9-7-8-14-29-24/h7-12,15-16,18,22,29H,2,6,13-14,17H2,1,3-5H3/b27-21+. The molecule has 1 unspecified atom stereocenters. The minimum Gasteiger partial charge on any atom is -0.383 e. The van der Waals surface area contributed by atoms with Gasteiger partial charge in [0.2, 0.25) is 0 Å². The van der Waals surface area contributed by atoms with E-state index >= 15 is 0 Å². The Hall–Kier alpha value is -3.07. The number of dihydropyridines is 1. The van der Waals surface area contributed by atoms with E-state index in [1.54, 1.807) is 0 Å². The van der Waals surface area contributed by atoms with Crippen molar-refractivity contribution in [2.45, 2.75) is 53.0 Å². The molecule has 1 aliphatic carbocycles. The molecule has 3 nitrogen and oxygen atoms in total. The molecule has 31 heavy (non-hydrogen) atoms. The van der Waals surface area contributed by atoms with Crippen molar-refractivity contribution in [3.63, 3.8) is 0 Å². The van der Waals surface area contributed by atoms with Crippen molar-refractivity contribution in [1.82, 2.24) is 14.9 Å². The first-order valence-corrected chi connectivity index (χ1v) is 11.3. The largest absolute Gasteiger partial charge is 0.383 e. The number of hydrogen-bond donors (Lipinski definition) is 1. The number of aromatic nitrogens is 2. The number of fused-ring (bicyclic) bond motifs is 1. The molecule has 2 aromatic heterocycles. The summed E-state index contributed by atoms with van der Waals surface area (Å²) in [7, 11) is 0. The van der Waals surface area contributed by atoms with E-state index in [1.165, 1.54) is 33.5 Å². The predicted octanol–water partition coefficient (Wildman–Crippen LogP) is 6.83. The smallest absolute Gasteiger partial charge is 0.0919 e. The van der Waals surface area contributed by atoms with Crippen molar-refractivity contribution in [2.24, 2.45) is 0 Å². The van der Waals surface area contributed by atoms with Crippen LogP contribution in [-0.2, 0) is 6.54 Å². The Bertz CT molecular complexity index is 1160. The SMILES string of the molecule is C=C(C)/C(=C(/C)CC)c1cnc2c(C3C=CC(C)=CC3)cn(CC3=CC=CCN3)c2c1. The second-order valence-electron chi connectivity index (χ2n) is 8.74. The number of nitrogens with zero attached hydrogens (tertiary/aromatic N) is 2. The number of nitrogens with one attached hydrogen (secondary N) is 1. The molecule has 0 spiro atoms. The molecular weight excluding hydrogens is 378 g/mol. The summed E-state index contributed by atoms with van der Waals surface area (Å²) in [6.07, 6.45) is 19.7. The maximum absolute atomic E-state index is 5.00. The van der Waals surface area contributed by atoms with Crippen LogP contribution >= 0.6 is 0 Å². The van der Waals surface area contributed by atoms with Gasteiger partial charge in [-0.2, -0.15) is 0 Å². The van der Waals surface area contributed by atoms with Gasteiger partial charge in [0.1, 0.15) is 0 Å². The molecule has 1 N–H and O–H groups in total. The zero-order chi connectivity index (χ0) is 22.0. The van der Waals surface area contributed by atoms with Gasteiger partial charge in [-0.15, -0.1) is 0 Å². The summed E-state index contributed by atoms with van der Waals surface area (Å²) in [5, 5.41) is 3.50. The Balaban J connectivity index is 1.85. The molecule has 4 rings (SSSR count). The lowest BCUT2D eigenvalue weighted by Crippen LogP contribution is -2.19. The number of pyridine rings is 1. The fraction of sp³-hybridized carbons (Fsp3) is 0.321. The van der Waals surface area contributed by atoms with Gasteiger partial charge in [-0.05, 0) is 51.3 Å².